The van der Waals surface area contributed by atoms with Crippen LogP contribution in [0.2, 0.25) is 5.02 Å². The van der Waals surface area contributed by atoms with Crippen molar-refractivity contribution < 1.29 is 0 Å². The summed E-state index contributed by atoms with van der Waals surface area (Å²) in [7, 11) is 2.10. The number of nitrogens with one attached hydrogen (secondary N) is 3. The van der Waals surface area contributed by atoms with E-state index in [1.165, 1.54) is 11.4 Å². The molecule has 140 valence electrons. The van der Waals surface area contributed by atoms with Gasteiger partial charge >= 0.3 is 0 Å². The van der Waals surface area contributed by atoms with E-state index in [9.17, 15) is 0 Å². The molecule has 0 aliphatic carbocycles. The van der Waals surface area contributed by atoms with Crippen molar-refractivity contribution in [1.29, 1.82) is 5.41 Å². The van der Waals surface area contributed by atoms with Gasteiger partial charge < -0.3 is 15.2 Å². The first-order valence-electron chi connectivity index (χ1n) is 9.06. The number of aromatic nitrogens is 1. The highest BCUT2D eigenvalue weighted by Gasteiger charge is 2.34. The zero-order valence-corrected chi connectivity index (χ0v) is 16.0. The largest absolute Gasteiger partial charge is 0.363 e. The van der Waals surface area contributed by atoms with Gasteiger partial charge in [-0.25, -0.2) is 4.99 Å². The second kappa shape index (κ2) is 7.58. The van der Waals surface area contributed by atoms with Gasteiger partial charge in [-0.15, -0.1) is 0 Å². The van der Waals surface area contributed by atoms with Crippen LogP contribution in [0.4, 0.5) is 0 Å². The van der Waals surface area contributed by atoms with E-state index in [2.05, 4.69) is 38.2 Å². The molecule has 2 aliphatic heterocycles. The summed E-state index contributed by atoms with van der Waals surface area (Å²) in [5, 5.41) is 12.6. The number of rotatable bonds is 3. The van der Waals surface area contributed by atoms with E-state index in [1.807, 2.05) is 42.6 Å². The molecule has 1 atom stereocenters. The van der Waals surface area contributed by atoms with Crippen LogP contribution in [0.1, 0.15) is 18.2 Å². The molecule has 0 fully saturated rings. The lowest BCUT2D eigenvalue weighted by molar-refractivity contribution is 0.265. The molecule has 2 aliphatic rings. The van der Waals surface area contributed by atoms with Gasteiger partial charge in [-0.3, -0.25) is 10.3 Å². The Morgan fingerprint density at radius 2 is 2.07 bits per heavy atom. The fraction of sp³-hybridized carbons (Fsp3) is 0.300. The average Bonchev–Trinajstić information content (AvgIpc) is 2.99. The molecule has 0 saturated carbocycles. The number of pyridine rings is 1. The van der Waals surface area contributed by atoms with Crippen LogP contribution < -0.4 is 10.8 Å². The predicted molar refractivity (Wildman–Crippen MR) is 107 cm³/mol. The number of likely N-dealkylation sites (N-methyl/N-ethyl adjacent to an activating group) is 1. The van der Waals surface area contributed by atoms with Crippen LogP contribution in [0.15, 0.2) is 65.0 Å². The van der Waals surface area contributed by atoms with Gasteiger partial charge in [-0.05, 0) is 18.2 Å². The average molecular weight is 383 g/mol. The second-order valence-electron chi connectivity index (χ2n) is 6.87. The molecule has 0 spiro atoms. The number of hydrogen-bond acceptors (Lipinski definition) is 4. The molecule has 0 radical (unpaired) electrons. The smallest absolute Gasteiger partial charge is 0.137 e. The first-order valence-corrected chi connectivity index (χ1v) is 9.43. The Morgan fingerprint density at radius 1 is 1.26 bits per heavy atom. The van der Waals surface area contributed by atoms with E-state index in [0.29, 0.717) is 17.9 Å². The first-order chi connectivity index (χ1) is 13.1. The maximum absolute atomic E-state index is 8.21. The number of H-pyrrole nitrogens is 1. The number of hydrogen-bond donors (Lipinski definition) is 3. The minimum Gasteiger partial charge on any atom is -0.363 e. The maximum Gasteiger partial charge on any atom is 0.137 e. The Bertz CT molecular complexity index is 930. The van der Waals surface area contributed by atoms with Crippen LogP contribution in [-0.2, 0) is 0 Å². The van der Waals surface area contributed by atoms with E-state index in [0.717, 1.165) is 30.1 Å². The van der Waals surface area contributed by atoms with Crippen LogP contribution >= 0.6 is 11.6 Å². The first kappa shape index (κ1) is 17.8. The standard InChI is InChI=1S/C20H23ClN6/c1-26-17-12-27(13-18(22)25-19-8-4-5-10-23-19)11-9-16(17)24-20(26)14-6-2-3-7-15(14)21/h2-8,10,20,24H,9,11-13H2,1H3,(H2,22,23,25). The minimum absolute atomic E-state index is 0.0618. The van der Waals surface area contributed by atoms with Gasteiger partial charge in [0.15, 0.2) is 0 Å². The van der Waals surface area contributed by atoms with Crippen molar-refractivity contribution in [3.63, 3.8) is 0 Å². The highest BCUT2D eigenvalue weighted by Crippen LogP contribution is 2.35. The third-order valence-corrected chi connectivity index (χ3v) is 5.39. The lowest BCUT2D eigenvalue weighted by Crippen LogP contribution is -2.37. The molecule has 1 aromatic carbocycles. The van der Waals surface area contributed by atoms with Gasteiger partial charge in [0.25, 0.3) is 0 Å². The molecule has 1 aromatic heterocycles. The topological polar surface area (TPSA) is 70.5 Å². The van der Waals surface area contributed by atoms with E-state index in [-0.39, 0.29) is 6.17 Å². The predicted octanol–water partition coefficient (Wildman–Crippen LogP) is 2.70. The van der Waals surface area contributed by atoms with Crippen molar-refractivity contribution in [2.45, 2.75) is 12.6 Å². The Balaban J connectivity index is 1.44. The van der Waals surface area contributed by atoms with Gasteiger partial charge in [0, 0.05) is 54.7 Å². The molecule has 6 nitrogen and oxygen atoms in total. The van der Waals surface area contributed by atoms with E-state index < -0.39 is 0 Å². The summed E-state index contributed by atoms with van der Waals surface area (Å²) in [6.45, 7) is 2.24. The number of amidine groups is 1. The quantitative estimate of drug-likeness (QED) is 0.564. The van der Waals surface area contributed by atoms with E-state index >= 15 is 0 Å². The second-order valence-corrected chi connectivity index (χ2v) is 7.28. The summed E-state index contributed by atoms with van der Waals surface area (Å²) < 4.78 is 0. The fourth-order valence-corrected chi connectivity index (χ4v) is 3.90. The molecule has 27 heavy (non-hydrogen) atoms. The highest BCUT2D eigenvalue weighted by molar-refractivity contribution is 6.31. The van der Waals surface area contributed by atoms with Gasteiger partial charge in [0.05, 0.1) is 6.54 Å². The number of benzene rings is 1. The molecule has 0 bridgehead atoms. The zero-order valence-electron chi connectivity index (χ0n) is 15.2. The van der Waals surface area contributed by atoms with Crippen LogP contribution in [0.5, 0.6) is 0 Å². The van der Waals surface area contributed by atoms with Crippen LogP contribution in [0.25, 0.3) is 0 Å². The van der Waals surface area contributed by atoms with Crippen molar-refractivity contribution in [2.24, 2.45) is 4.99 Å². The van der Waals surface area contributed by atoms with Gasteiger partial charge in [-0.1, -0.05) is 35.9 Å². The zero-order chi connectivity index (χ0) is 18.8. The van der Waals surface area contributed by atoms with E-state index in [4.69, 9.17) is 17.0 Å². The molecule has 0 amide bonds. The molecular formula is C20H23ClN6. The summed E-state index contributed by atoms with van der Waals surface area (Å²) in [5.74, 6) is 0.359. The molecule has 1 unspecified atom stereocenters. The normalized spacial score (nSPS) is 20.6. The third-order valence-electron chi connectivity index (χ3n) is 5.04. The number of halogens is 1. The lowest BCUT2D eigenvalue weighted by Gasteiger charge is -2.30. The Morgan fingerprint density at radius 3 is 2.85 bits per heavy atom. The van der Waals surface area contributed by atoms with Gasteiger partial charge in [-0.2, -0.15) is 0 Å². The lowest BCUT2D eigenvalue weighted by atomic mass is 10.1. The minimum atomic E-state index is 0.0618. The number of nitrogens with zero attached hydrogens (tertiary/aromatic N) is 3. The monoisotopic (exact) mass is 382 g/mol. The van der Waals surface area contributed by atoms with Gasteiger partial charge in [0.1, 0.15) is 17.5 Å². The summed E-state index contributed by atoms with van der Waals surface area (Å²) in [5.41, 5.74) is 4.34. The van der Waals surface area contributed by atoms with Crippen molar-refractivity contribution in [1.82, 2.24) is 20.1 Å². The fourth-order valence-electron chi connectivity index (χ4n) is 3.66. The summed E-state index contributed by atoms with van der Waals surface area (Å²) in [6, 6.07) is 13.7. The van der Waals surface area contributed by atoms with Crippen molar-refractivity contribution in [2.75, 3.05) is 26.7 Å². The Kier molecular flexibility index (Phi) is 5.01. The third kappa shape index (κ3) is 3.77. The van der Waals surface area contributed by atoms with Crippen molar-refractivity contribution in [3.05, 3.63) is 76.1 Å². The SMILES string of the molecule is CN1C2=C(CCN(CC(=N)/N=c3/cccc[nH]3)C2)NC1c1ccccc1Cl. The van der Waals surface area contributed by atoms with E-state index in [1.54, 1.807) is 0 Å². The molecule has 4 rings (SSSR count). The summed E-state index contributed by atoms with van der Waals surface area (Å²) >= 11 is 6.40. The Hall–Kier alpha value is -2.57. The molecule has 0 saturated heterocycles. The van der Waals surface area contributed by atoms with Crippen LogP contribution in [-0.4, -0.2) is 47.3 Å². The molecule has 2 aromatic rings. The van der Waals surface area contributed by atoms with Crippen LogP contribution in [0, 0.1) is 5.41 Å². The van der Waals surface area contributed by atoms with Crippen LogP contribution in [0.3, 0.4) is 0 Å². The Labute approximate surface area is 163 Å². The maximum atomic E-state index is 8.21. The highest BCUT2D eigenvalue weighted by atomic mass is 35.5. The molecule has 3 N–H and O–H groups in total. The van der Waals surface area contributed by atoms with Crippen molar-refractivity contribution >= 4 is 17.4 Å². The molecular weight excluding hydrogens is 360 g/mol. The summed E-state index contributed by atoms with van der Waals surface area (Å²) in [4.78, 5) is 11.9. The number of aromatic amines is 1. The summed E-state index contributed by atoms with van der Waals surface area (Å²) in [6.07, 6.45) is 2.82. The van der Waals surface area contributed by atoms with Crippen molar-refractivity contribution in [3.8, 4) is 0 Å². The van der Waals surface area contributed by atoms with Gasteiger partial charge in [0.2, 0.25) is 0 Å². The molecule has 3 heterocycles. The molecule has 7 heteroatoms.